The first-order chi connectivity index (χ1) is 15.2. The number of hydrogen-bond acceptors (Lipinski definition) is 6. The molecule has 0 aromatic carbocycles. The number of rotatable bonds is 7. The molecule has 3 aromatic rings. The van der Waals surface area contributed by atoms with Crippen molar-refractivity contribution in [2.24, 2.45) is 18.4 Å². The molecule has 0 radical (unpaired) electrons. The SMILES string of the molecule is Cc1c(SNC(=O)c2ccc(-n3ccc(OCC45CC(F)(C4)[C@H]5C)n3)nc2Cl)cnn1C. The van der Waals surface area contributed by atoms with Gasteiger partial charge in [-0.3, -0.25) is 14.2 Å². The molecule has 3 saturated carbocycles. The van der Waals surface area contributed by atoms with Gasteiger partial charge in [0.1, 0.15) is 10.8 Å². The fourth-order valence-corrected chi connectivity index (χ4v) is 5.36. The Balaban J connectivity index is 1.21. The van der Waals surface area contributed by atoms with Crippen LogP contribution in [0.1, 0.15) is 35.8 Å². The number of alkyl halides is 1. The second-order valence-corrected chi connectivity index (χ2v) is 9.82. The fourth-order valence-electron chi connectivity index (χ4n) is 4.43. The molecule has 168 valence electrons. The molecule has 1 atom stereocenters. The second-order valence-electron chi connectivity index (χ2n) is 8.62. The van der Waals surface area contributed by atoms with E-state index in [1.165, 1.54) is 16.6 Å². The minimum absolute atomic E-state index is 0.0384. The first kappa shape index (κ1) is 21.3. The average Bonchev–Trinajstić information content (AvgIpc) is 3.36. The van der Waals surface area contributed by atoms with Gasteiger partial charge in [0.15, 0.2) is 5.82 Å². The third kappa shape index (κ3) is 3.36. The van der Waals surface area contributed by atoms with Crippen LogP contribution in [0.4, 0.5) is 4.39 Å². The number of ether oxygens (including phenoxy) is 1. The third-order valence-electron chi connectivity index (χ3n) is 6.82. The Bertz CT molecular complexity index is 1200. The van der Waals surface area contributed by atoms with Crippen molar-refractivity contribution in [1.82, 2.24) is 29.3 Å². The molecule has 2 bridgehead atoms. The predicted octanol–water partition coefficient (Wildman–Crippen LogP) is 3.92. The molecule has 0 unspecified atom stereocenters. The van der Waals surface area contributed by atoms with E-state index in [1.54, 1.807) is 35.3 Å². The lowest BCUT2D eigenvalue weighted by atomic mass is 9.36. The summed E-state index contributed by atoms with van der Waals surface area (Å²) in [6, 6.07) is 4.99. The van der Waals surface area contributed by atoms with Gasteiger partial charge < -0.3 is 4.74 Å². The monoisotopic (exact) mass is 476 g/mol. The zero-order valence-corrected chi connectivity index (χ0v) is 19.4. The molecule has 6 rings (SSSR count). The van der Waals surface area contributed by atoms with Crippen molar-refractivity contribution in [3.8, 4) is 11.7 Å². The number of nitrogens with one attached hydrogen (secondary N) is 1. The highest BCUT2D eigenvalue weighted by Crippen LogP contribution is 2.73. The highest BCUT2D eigenvalue weighted by molar-refractivity contribution is 7.98. The van der Waals surface area contributed by atoms with Crippen LogP contribution in [0.3, 0.4) is 0 Å². The van der Waals surface area contributed by atoms with Crippen LogP contribution in [-0.4, -0.2) is 42.7 Å². The van der Waals surface area contributed by atoms with E-state index in [2.05, 4.69) is 19.9 Å². The Kier molecular flexibility index (Phi) is 4.97. The summed E-state index contributed by atoms with van der Waals surface area (Å²) in [6.07, 6.45) is 4.53. The lowest BCUT2D eigenvalue weighted by molar-refractivity contribution is -0.284. The molecule has 11 heteroatoms. The van der Waals surface area contributed by atoms with Crippen LogP contribution >= 0.6 is 23.5 Å². The first-order valence-corrected chi connectivity index (χ1v) is 11.4. The second kappa shape index (κ2) is 7.48. The molecule has 3 fully saturated rings. The third-order valence-corrected chi connectivity index (χ3v) is 8.01. The number of hydrogen-bond donors (Lipinski definition) is 1. The minimum Gasteiger partial charge on any atom is -0.476 e. The standard InChI is InChI=1S/C21H22ClFN6O2S/c1-12-15(8-24-28(12)3)32-27-19(30)14-4-5-16(25-18(14)22)29-7-6-17(26-29)31-11-20-9-21(23,10-20)13(20)2/h4-8,13H,9-11H2,1-3H3,(H,27,30)/t13-,20?,21?/m0/s1. The molecule has 3 heterocycles. The molecule has 1 amide bonds. The minimum atomic E-state index is -0.979. The normalized spacial score (nSPS) is 25.7. The number of halogens is 2. The van der Waals surface area contributed by atoms with E-state index in [0.29, 0.717) is 31.1 Å². The summed E-state index contributed by atoms with van der Waals surface area (Å²) >= 11 is 7.45. The van der Waals surface area contributed by atoms with E-state index < -0.39 is 5.67 Å². The van der Waals surface area contributed by atoms with Gasteiger partial charge in [-0.05, 0) is 49.8 Å². The van der Waals surface area contributed by atoms with E-state index in [-0.39, 0.29) is 28.0 Å². The molecular formula is C21H22ClFN6O2S. The molecule has 0 aliphatic heterocycles. The fraction of sp³-hybridized carbons (Fsp3) is 0.429. The maximum atomic E-state index is 14.0. The summed E-state index contributed by atoms with van der Waals surface area (Å²) in [5.41, 5.74) is 0.166. The molecule has 3 aromatic heterocycles. The van der Waals surface area contributed by atoms with E-state index in [1.807, 2.05) is 20.9 Å². The highest BCUT2D eigenvalue weighted by Gasteiger charge is 2.75. The van der Waals surface area contributed by atoms with E-state index in [0.717, 1.165) is 10.6 Å². The summed E-state index contributed by atoms with van der Waals surface area (Å²) in [7, 11) is 1.84. The molecule has 32 heavy (non-hydrogen) atoms. The molecule has 3 aliphatic rings. The molecule has 8 nitrogen and oxygen atoms in total. The van der Waals surface area contributed by atoms with E-state index in [4.69, 9.17) is 16.3 Å². The summed E-state index contributed by atoms with van der Waals surface area (Å²) in [6.45, 7) is 4.31. The zero-order chi connectivity index (χ0) is 22.7. The van der Waals surface area contributed by atoms with Crippen molar-refractivity contribution < 1.29 is 13.9 Å². The number of carbonyl (C=O) groups is 1. The Labute approximate surface area is 193 Å². The van der Waals surface area contributed by atoms with Gasteiger partial charge in [0.2, 0.25) is 5.88 Å². The van der Waals surface area contributed by atoms with Crippen molar-refractivity contribution in [1.29, 1.82) is 0 Å². The van der Waals surface area contributed by atoms with Gasteiger partial charge in [0, 0.05) is 24.7 Å². The van der Waals surface area contributed by atoms with Gasteiger partial charge in [-0.15, -0.1) is 5.10 Å². The molecule has 0 spiro atoms. The molecule has 1 N–H and O–H groups in total. The van der Waals surface area contributed by atoms with Crippen LogP contribution in [0, 0.1) is 18.3 Å². The van der Waals surface area contributed by atoms with Gasteiger partial charge in [0.25, 0.3) is 5.91 Å². The summed E-state index contributed by atoms with van der Waals surface area (Å²) in [5, 5.41) is 8.58. The molecule has 3 aliphatic carbocycles. The lowest BCUT2D eigenvalue weighted by Gasteiger charge is -2.70. The van der Waals surface area contributed by atoms with Crippen LogP contribution in [-0.2, 0) is 7.05 Å². The van der Waals surface area contributed by atoms with Crippen molar-refractivity contribution >= 4 is 29.5 Å². The largest absolute Gasteiger partial charge is 0.476 e. The maximum absolute atomic E-state index is 14.0. The van der Waals surface area contributed by atoms with Gasteiger partial charge in [0.05, 0.1) is 29.0 Å². The zero-order valence-electron chi connectivity index (χ0n) is 17.8. The smallest absolute Gasteiger partial charge is 0.264 e. The van der Waals surface area contributed by atoms with Crippen molar-refractivity contribution in [3.63, 3.8) is 0 Å². The quantitative estimate of drug-likeness (QED) is 0.411. The Morgan fingerprint density at radius 1 is 1.41 bits per heavy atom. The van der Waals surface area contributed by atoms with Crippen LogP contribution in [0.2, 0.25) is 5.15 Å². The Morgan fingerprint density at radius 3 is 2.81 bits per heavy atom. The van der Waals surface area contributed by atoms with E-state index >= 15 is 0 Å². The van der Waals surface area contributed by atoms with E-state index in [9.17, 15) is 9.18 Å². The summed E-state index contributed by atoms with van der Waals surface area (Å²) < 4.78 is 25.8. The van der Waals surface area contributed by atoms with Crippen molar-refractivity contribution in [3.05, 3.63) is 47.0 Å². The number of aryl methyl sites for hydroxylation is 1. The maximum Gasteiger partial charge on any atom is 0.264 e. The van der Waals surface area contributed by atoms with Gasteiger partial charge in [-0.2, -0.15) is 5.10 Å². The predicted molar refractivity (Wildman–Crippen MR) is 118 cm³/mol. The van der Waals surface area contributed by atoms with Gasteiger partial charge >= 0.3 is 0 Å². The Morgan fingerprint density at radius 2 is 2.19 bits per heavy atom. The van der Waals surface area contributed by atoms with Crippen LogP contribution in [0.25, 0.3) is 5.82 Å². The number of pyridine rings is 1. The lowest BCUT2D eigenvalue weighted by Crippen LogP contribution is -2.73. The number of amides is 1. The average molecular weight is 477 g/mol. The van der Waals surface area contributed by atoms with Crippen molar-refractivity contribution in [2.75, 3.05) is 6.61 Å². The van der Waals surface area contributed by atoms with Gasteiger partial charge in [-0.1, -0.05) is 18.5 Å². The summed E-state index contributed by atoms with van der Waals surface area (Å²) in [5.74, 6) is 0.582. The number of nitrogens with zero attached hydrogens (tertiary/aromatic N) is 5. The topological polar surface area (TPSA) is 86.9 Å². The highest BCUT2D eigenvalue weighted by atomic mass is 35.5. The first-order valence-electron chi connectivity index (χ1n) is 10.2. The molecule has 0 saturated heterocycles. The van der Waals surface area contributed by atoms with Gasteiger partial charge in [-0.25, -0.2) is 14.1 Å². The number of aromatic nitrogens is 5. The summed E-state index contributed by atoms with van der Waals surface area (Å²) in [4.78, 5) is 17.7. The Hall–Kier alpha value is -2.59. The molecular weight excluding hydrogens is 455 g/mol. The van der Waals surface area contributed by atoms with Crippen LogP contribution in [0.5, 0.6) is 5.88 Å². The van der Waals surface area contributed by atoms with Crippen molar-refractivity contribution in [2.45, 2.75) is 37.3 Å². The van der Waals surface area contributed by atoms with Crippen LogP contribution < -0.4 is 9.46 Å². The van der Waals surface area contributed by atoms with Crippen LogP contribution in [0.15, 0.2) is 35.5 Å². The number of carbonyl (C=O) groups excluding carboxylic acids is 1.